The lowest BCUT2D eigenvalue weighted by molar-refractivity contribution is -0.122. The van der Waals surface area contributed by atoms with Crippen LogP contribution >= 0.6 is 34.8 Å². The van der Waals surface area contributed by atoms with Gasteiger partial charge in [0.2, 0.25) is 17.8 Å². The van der Waals surface area contributed by atoms with Crippen molar-refractivity contribution in [3.05, 3.63) is 33.4 Å². The van der Waals surface area contributed by atoms with Crippen molar-refractivity contribution in [2.24, 2.45) is 11.7 Å². The molecule has 2 atom stereocenters. The first-order chi connectivity index (χ1) is 17.3. The number of alkyl halides is 1. The fourth-order valence-electron chi connectivity index (χ4n) is 4.82. The summed E-state index contributed by atoms with van der Waals surface area (Å²) in [6.45, 7) is 0.510. The van der Waals surface area contributed by atoms with Gasteiger partial charge < -0.3 is 21.1 Å². The van der Waals surface area contributed by atoms with E-state index < -0.39 is 12.2 Å². The third kappa shape index (κ3) is 5.18. The zero-order valence-electron chi connectivity index (χ0n) is 19.2. The van der Waals surface area contributed by atoms with Gasteiger partial charge in [0, 0.05) is 23.6 Å². The lowest BCUT2D eigenvalue weighted by atomic mass is 9.85. The third-order valence-corrected chi connectivity index (χ3v) is 7.56. The molecule has 2 aromatic heterocycles. The van der Waals surface area contributed by atoms with Gasteiger partial charge in [-0.05, 0) is 44.2 Å². The molecule has 0 unspecified atom stereocenters. The Morgan fingerprint density at radius 3 is 2.50 bits per heavy atom. The average molecular weight is 557 g/mol. The van der Waals surface area contributed by atoms with Crippen LogP contribution in [0, 0.1) is 5.92 Å². The van der Waals surface area contributed by atoms with E-state index in [1.54, 1.807) is 18.3 Å². The fraction of sp³-hybridized carbons (Fsp3) is 0.478. The number of carbonyl (C=O) groups is 1. The number of nitrogens with zero attached hydrogens (tertiary/aromatic N) is 4. The standard InChI is InChI=1S/C23H25Cl3FN7O2/c24-12-7-14(25)19(15(26)8-12)32-23-31-18-9-29-22(30-17-5-6-36-10-16(17)27)33-21(18)34(23)13-3-1-11(2-4-13)20(28)35/h7-9,11,13,16-17H,1-6,10H2,(H2,28,35)(H,31,32)(H,29,30,33)/t11?,13?,16-,17+/m0/s1. The highest BCUT2D eigenvalue weighted by molar-refractivity contribution is 6.41. The van der Waals surface area contributed by atoms with Crippen molar-refractivity contribution in [1.82, 2.24) is 19.5 Å². The maximum atomic E-state index is 14.3. The average Bonchev–Trinajstić information content (AvgIpc) is 3.20. The highest BCUT2D eigenvalue weighted by Gasteiger charge is 2.30. The quantitative estimate of drug-likeness (QED) is 0.377. The fourth-order valence-corrected chi connectivity index (χ4v) is 5.73. The first kappa shape index (κ1) is 25.3. The summed E-state index contributed by atoms with van der Waals surface area (Å²) >= 11 is 18.9. The van der Waals surface area contributed by atoms with Crippen molar-refractivity contribution in [2.75, 3.05) is 23.8 Å². The van der Waals surface area contributed by atoms with Crippen LogP contribution in [0.15, 0.2) is 18.3 Å². The number of halogens is 4. The second-order valence-corrected chi connectivity index (χ2v) is 10.4. The molecule has 36 heavy (non-hydrogen) atoms. The molecule has 4 N–H and O–H groups in total. The molecule has 0 bridgehead atoms. The molecule has 1 saturated carbocycles. The summed E-state index contributed by atoms with van der Waals surface area (Å²) < 4.78 is 21.5. The van der Waals surface area contributed by atoms with Gasteiger partial charge in [0.15, 0.2) is 5.65 Å². The Labute approximate surface area is 221 Å². The van der Waals surface area contributed by atoms with E-state index in [0.717, 1.165) is 0 Å². The largest absolute Gasteiger partial charge is 0.378 e. The molecule has 192 valence electrons. The Balaban J connectivity index is 1.53. The Kier molecular flexibility index (Phi) is 7.39. The van der Waals surface area contributed by atoms with Crippen molar-refractivity contribution < 1.29 is 13.9 Å². The molecule has 13 heteroatoms. The van der Waals surface area contributed by atoms with Gasteiger partial charge in [-0.2, -0.15) is 4.98 Å². The number of anilines is 3. The molecule has 2 fully saturated rings. The highest BCUT2D eigenvalue weighted by atomic mass is 35.5. The topological polar surface area (TPSA) is 120 Å². The molecule has 0 radical (unpaired) electrons. The summed E-state index contributed by atoms with van der Waals surface area (Å²) in [5, 5.41) is 7.43. The van der Waals surface area contributed by atoms with E-state index in [1.165, 1.54) is 0 Å². The summed E-state index contributed by atoms with van der Waals surface area (Å²) in [6.07, 6.45) is 3.67. The van der Waals surface area contributed by atoms with Crippen LogP contribution < -0.4 is 16.4 Å². The number of rotatable bonds is 6. The van der Waals surface area contributed by atoms with Crippen LogP contribution in [-0.2, 0) is 9.53 Å². The van der Waals surface area contributed by atoms with Crippen molar-refractivity contribution in [2.45, 2.75) is 50.4 Å². The number of hydrogen-bond acceptors (Lipinski definition) is 7. The van der Waals surface area contributed by atoms with Crippen LogP contribution in [0.3, 0.4) is 0 Å². The summed E-state index contributed by atoms with van der Waals surface area (Å²) in [4.78, 5) is 25.5. The van der Waals surface area contributed by atoms with E-state index >= 15 is 0 Å². The summed E-state index contributed by atoms with van der Waals surface area (Å²) in [7, 11) is 0. The Hall–Kier alpha value is -2.40. The number of fused-ring (bicyclic) bond motifs is 1. The lowest BCUT2D eigenvalue weighted by Gasteiger charge is -2.29. The number of ether oxygens (including phenoxy) is 1. The number of aromatic nitrogens is 4. The molecule has 1 aliphatic heterocycles. The van der Waals surface area contributed by atoms with Gasteiger partial charge in [-0.3, -0.25) is 9.36 Å². The van der Waals surface area contributed by atoms with Crippen molar-refractivity contribution in [3.63, 3.8) is 0 Å². The smallest absolute Gasteiger partial charge is 0.225 e. The highest BCUT2D eigenvalue weighted by Crippen LogP contribution is 2.40. The number of benzene rings is 1. The molecule has 1 aromatic carbocycles. The number of carbonyl (C=O) groups excluding carboxylic acids is 1. The zero-order chi connectivity index (χ0) is 25.4. The van der Waals surface area contributed by atoms with Gasteiger partial charge in [-0.25, -0.2) is 14.4 Å². The predicted octanol–water partition coefficient (Wildman–Crippen LogP) is 5.29. The minimum Gasteiger partial charge on any atom is -0.378 e. The Morgan fingerprint density at radius 2 is 1.83 bits per heavy atom. The normalized spacial score (nSPS) is 24.6. The van der Waals surface area contributed by atoms with Crippen LogP contribution in [0.25, 0.3) is 11.2 Å². The van der Waals surface area contributed by atoms with Gasteiger partial charge in [0.05, 0.1) is 34.6 Å². The van der Waals surface area contributed by atoms with Crippen LogP contribution in [0.2, 0.25) is 15.1 Å². The Morgan fingerprint density at radius 1 is 1.11 bits per heavy atom. The van der Waals surface area contributed by atoms with Crippen molar-refractivity contribution >= 4 is 69.5 Å². The number of nitrogens with two attached hydrogens (primary N) is 1. The van der Waals surface area contributed by atoms with E-state index in [0.29, 0.717) is 82.5 Å². The van der Waals surface area contributed by atoms with E-state index in [1.807, 2.05) is 4.57 Å². The van der Waals surface area contributed by atoms with Gasteiger partial charge in [0.25, 0.3) is 0 Å². The maximum Gasteiger partial charge on any atom is 0.225 e. The van der Waals surface area contributed by atoms with E-state index in [4.69, 9.17) is 55.2 Å². The first-order valence-electron chi connectivity index (χ1n) is 11.7. The SMILES string of the molecule is NC(=O)C1CCC(n2c(Nc3c(Cl)cc(Cl)cc3Cl)nc3cnc(N[C@@H]4CCOC[C@@H]4F)nc32)CC1. The zero-order valence-corrected chi connectivity index (χ0v) is 21.5. The minimum atomic E-state index is -1.15. The van der Waals surface area contributed by atoms with Gasteiger partial charge >= 0.3 is 0 Å². The molecule has 1 aliphatic carbocycles. The summed E-state index contributed by atoms with van der Waals surface area (Å²) in [6, 6.07) is 2.72. The molecular formula is C23H25Cl3FN7O2. The van der Waals surface area contributed by atoms with Crippen molar-refractivity contribution in [1.29, 1.82) is 0 Å². The van der Waals surface area contributed by atoms with E-state index in [9.17, 15) is 9.18 Å². The molecular weight excluding hydrogens is 532 g/mol. The molecule has 3 aromatic rings. The predicted molar refractivity (Wildman–Crippen MR) is 138 cm³/mol. The second kappa shape index (κ2) is 10.5. The van der Waals surface area contributed by atoms with Crippen molar-refractivity contribution in [3.8, 4) is 0 Å². The van der Waals surface area contributed by atoms with Crippen LogP contribution in [0.5, 0.6) is 0 Å². The van der Waals surface area contributed by atoms with Gasteiger partial charge in [-0.1, -0.05) is 34.8 Å². The Bertz CT molecular complexity index is 1260. The van der Waals surface area contributed by atoms with Crippen LogP contribution in [-0.4, -0.2) is 50.9 Å². The first-order valence-corrected chi connectivity index (χ1v) is 12.9. The van der Waals surface area contributed by atoms with Crippen LogP contribution in [0.1, 0.15) is 38.1 Å². The van der Waals surface area contributed by atoms with E-state index in [2.05, 4.69) is 15.6 Å². The lowest BCUT2D eigenvalue weighted by Crippen LogP contribution is -2.39. The summed E-state index contributed by atoms with van der Waals surface area (Å²) in [5.41, 5.74) is 7.11. The molecule has 9 nitrogen and oxygen atoms in total. The molecule has 2 aliphatic rings. The maximum absolute atomic E-state index is 14.3. The number of primary amides is 1. The molecule has 5 rings (SSSR count). The van der Waals surface area contributed by atoms with Crippen LogP contribution in [0.4, 0.5) is 22.0 Å². The minimum absolute atomic E-state index is 0.0160. The summed E-state index contributed by atoms with van der Waals surface area (Å²) in [5.74, 6) is 0.334. The third-order valence-electron chi connectivity index (χ3n) is 6.74. The van der Waals surface area contributed by atoms with Gasteiger partial charge in [0.1, 0.15) is 11.7 Å². The molecule has 1 amide bonds. The molecule has 0 spiro atoms. The number of nitrogens with one attached hydrogen (secondary N) is 2. The number of amides is 1. The monoisotopic (exact) mass is 555 g/mol. The number of hydrogen-bond donors (Lipinski definition) is 3. The van der Waals surface area contributed by atoms with E-state index in [-0.39, 0.29) is 24.5 Å². The molecule has 3 heterocycles. The van der Waals surface area contributed by atoms with Gasteiger partial charge in [-0.15, -0.1) is 0 Å². The molecule has 1 saturated heterocycles. The number of imidazole rings is 1. The second-order valence-electron chi connectivity index (χ2n) is 9.12.